The Morgan fingerprint density at radius 3 is 2.59 bits per heavy atom. The summed E-state index contributed by atoms with van der Waals surface area (Å²) in [5.41, 5.74) is 6.51. The van der Waals surface area contributed by atoms with Crippen LogP contribution in [0.5, 0.6) is 0 Å². The smallest absolute Gasteiger partial charge is 0.326 e. The standard InChI is InChI=1S/C19H27N3O6S/c1-12(23)4-5-16(19(26)27)22-18(25)13-8-14(20)10-15(9-13)21-17(24)11-29-7-3-6-28-2/h8-10,16H,3-7,11,20H2,1-2H3,(H,21,24)(H,22,25)(H,26,27). The van der Waals surface area contributed by atoms with Crippen LogP contribution in [0.2, 0.25) is 0 Å². The average Bonchev–Trinajstić information content (AvgIpc) is 2.63. The Kier molecular flexibility index (Phi) is 10.8. The first-order chi connectivity index (χ1) is 13.7. The lowest BCUT2D eigenvalue weighted by Crippen LogP contribution is -2.41. The van der Waals surface area contributed by atoms with Gasteiger partial charge in [0.25, 0.3) is 5.91 Å². The summed E-state index contributed by atoms with van der Waals surface area (Å²) in [5, 5.41) is 14.3. The Labute approximate surface area is 173 Å². The summed E-state index contributed by atoms with van der Waals surface area (Å²) in [6.07, 6.45) is 0.867. The molecule has 1 aromatic rings. The number of ether oxygens (including phenoxy) is 1. The van der Waals surface area contributed by atoms with Crippen molar-refractivity contribution in [3.63, 3.8) is 0 Å². The maximum atomic E-state index is 12.4. The number of amides is 2. The Balaban J connectivity index is 2.71. The molecule has 1 unspecified atom stereocenters. The topological polar surface area (TPSA) is 148 Å². The first kappa shape index (κ1) is 24.4. The van der Waals surface area contributed by atoms with Gasteiger partial charge < -0.3 is 31.0 Å². The lowest BCUT2D eigenvalue weighted by molar-refractivity contribution is -0.139. The average molecular weight is 426 g/mol. The zero-order valence-electron chi connectivity index (χ0n) is 16.5. The fraction of sp³-hybridized carbons (Fsp3) is 0.474. The Morgan fingerprint density at radius 1 is 1.24 bits per heavy atom. The second-order valence-electron chi connectivity index (χ2n) is 6.40. The minimum atomic E-state index is -1.23. The lowest BCUT2D eigenvalue weighted by Gasteiger charge is -2.15. The molecule has 10 heteroatoms. The van der Waals surface area contributed by atoms with Crippen LogP contribution in [0.15, 0.2) is 18.2 Å². The molecule has 1 atom stereocenters. The fourth-order valence-corrected chi connectivity index (χ4v) is 3.09. The van der Waals surface area contributed by atoms with Crippen LogP contribution in [0.25, 0.3) is 0 Å². The lowest BCUT2D eigenvalue weighted by atomic mass is 10.1. The van der Waals surface area contributed by atoms with Crippen molar-refractivity contribution in [3.05, 3.63) is 23.8 Å². The number of methoxy groups -OCH3 is 1. The number of rotatable bonds is 13. The molecule has 0 aromatic heterocycles. The number of nitrogen functional groups attached to an aromatic ring is 1. The molecule has 0 radical (unpaired) electrons. The number of hydrogen-bond donors (Lipinski definition) is 4. The number of Topliss-reactive ketones (excluding diaryl/α,β-unsaturated/α-hetero) is 1. The summed E-state index contributed by atoms with van der Waals surface area (Å²) < 4.78 is 4.94. The highest BCUT2D eigenvalue weighted by Gasteiger charge is 2.21. The zero-order valence-corrected chi connectivity index (χ0v) is 17.3. The Morgan fingerprint density at radius 2 is 1.97 bits per heavy atom. The van der Waals surface area contributed by atoms with Crippen molar-refractivity contribution < 1.29 is 29.0 Å². The van der Waals surface area contributed by atoms with Crippen molar-refractivity contribution in [2.24, 2.45) is 0 Å². The van der Waals surface area contributed by atoms with Gasteiger partial charge in [-0.3, -0.25) is 9.59 Å². The van der Waals surface area contributed by atoms with E-state index in [9.17, 15) is 24.3 Å². The van der Waals surface area contributed by atoms with E-state index in [1.54, 1.807) is 7.11 Å². The van der Waals surface area contributed by atoms with Gasteiger partial charge in [0.2, 0.25) is 5.91 Å². The number of benzene rings is 1. The van der Waals surface area contributed by atoms with Crippen LogP contribution < -0.4 is 16.4 Å². The maximum Gasteiger partial charge on any atom is 0.326 e. The van der Waals surface area contributed by atoms with Gasteiger partial charge in [-0.1, -0.05) is 0 Å². The Hall–Kier alpha value is -2.59. The molecule has 0 fully saturated rings. The number of carboxylic acid groups (broad SMARTS) is 1. The number of ketones is 1. The Bertz CT molecular complexity index is 741. The number of carbonyl (C=O) groups excluding carboxylic acids is 3. The van der Waals surface area contributed by atoms with Crippen molar-refractivity contribution >= 4 is 46.7 Å². The number of hydrogen-bond acceptors (Lipinski definition) is 7. The number of nitrogens with two attached hydrogens (primary N) is 1. The van der Waals surface area contributed by atoms with E-state index in [0.717, 1.165) is 12.2 Å². The predicted octanol–water partition coefficient (Wildman–Crippen LogP) is 1.53. The third-order valence-corrected chi connectivity index (χ3v) is 4.80. The van der Waals surface area contributed by atoms with Crippen LogP contribution in [0.1, 0.15) is 36.5 Å². The van der Waals surface area contributed by atoms with Crippen molar-refractivity contribution in [2.75, 3.05) is 36.3 Å². The van der Waals surface area contributed by atoms with E-state index in [1.165, 1.54) is 36.9 Å². The van der Waals surface area contributed by atoms with Gasteiger partial charge in [0.1, 0.15) is 11.8 Å². The van der Waals surface area contributed by atoms with Crippen LogP contribution in [-0.4, -0.2) is 59.9 Å². The van der Waals surface area contributed by atoms with Gasteiger partial charge in [0.05, 0.1) is 5.75 Å². The van der Waals surface area contributed by atoms with Crippen LogP contribution in [0.4, 0.5) is 11.4 Å². The minimum absolute atomic E-state index is 0.0113. The van der Waals surface area contributed by atoms with Crippen LogP contribution >= 0.6 is 11.8 Å². The SMILES string of the molecule is COCCCSCC(=O)Nc1cc(N)cc(C(=O)NC(CCC(C)=O)C(=O)O)c1. The number of carboxylic acids is 1. The van der Waals surface area contributed by atoms with E-state index in [-0.39, 0.29) is 41.5 Å². The second kappa shape index (κ2) is 12.8. The van der Waals surface area contributed by atoms with E-state index in [4.69, 9.17) is 10.5 Å². The normalized spacial score (nSPS) is 11.5. The summed E-state index contributed by atoms with van der Waals surface area (Å²) in [5.74, 6) is -1.27. The molecule has 2 amide bonds. The fourth-order valence-electron chi connectivity index (χ4n) is 2.37. The van der Waals surface area contributed by atoms with Gasteiger partial charge in [0, 0.05) is 37.1 Å². The third kappa shape index (κ3) is 9.95. The van der Waals surface area contributed by atoms with E-state index >= 15 is 0 Å². The highest BCUT2D eigenvalue weighted by Crippen LogP contribution is 2.18. The summed E-state index contributed by atoms with van der Waals surface area (Å²) in [6, 6.07) is 3.11. The second-order valence-corrected chi connectivity index (χ2v) is 7.50. The van der Waals surface area contributed by atoms with E-state index < -0.39 is 17.9 Å². The molecule has 0 aliphatic rings. The van der Waals surface area contributed by atoms with Gasteiger partial charge in [0.15, 0.2) is 0 Å². The molecule has 0 aliphatic heterocycles. The van der Waals surface area contributed by atoms with Crippen LogP contribution in [-0.2, 0) is 19.1 Å². The molecule has 0 aliphatic carbocycles. The van der Waals surface area contributed by atoms with E-state index in [1.807, 2.05) is 0 Å². The third-order valence-electron chi connectivity index (χ3n) is 3.76. The van der Waals surface area contributed by atoms with Crippen molar-refractivity contribution in [2.45, 2.75) is 32.2 Å². The number of anilines is 2. The largest absolute Gasteiger partial charge is 0.480 e. The highest BCUT2D eigenvalue weighted by atomic mass is 32.2. The number of aliphatic carboxylic acids is 1. The van der Waals surface area contributed by atoms with Crippen molar-refractivity contribution in [1.29, 1.82) is 0 Å². The summed E-state index contributed by atoms with van der Waals surface area (Å²) in [4.78, 5) is 46.8. The van der Waals surface area contributed by atoms with Gasteiger partial charge in [-0.25, -0.2) is 4.79 Å². The van der Waals surface area contributed by atoms with Crippen LogP contribution in [0, 0.1) is 0 Å². The molecule has 160 valence electrons. The molecule has 9 nitrogen and oxygen atoms in total. The monoisotopic (exact) mass is 425 g/mol. The molecule has 0 saturated heterocycles. The van der Waals surface area contributed by atoms with Gasteiger partial charge >= 0.3 is 5.97 Å². The molecule has 0 bridgehead atoms. The number of thioether (sulfide) groups is 1. The quantitative estimate of drug-likeness (QED) is 0.275. The van der Waals surface area contributed by atoms with E-state index in [2.05, 4.69) is 10.6 Å². The first-order valence-corrected chi connectivity index (χ1v) is 10.2. The summed E-state index contributed by atoms with van der Waals surface area (Å²) in [7, 11) is 1.62. The van der Waals surface area contributed by atoms with Crippen molar-refractivity contribution in [3.8, 4) is 0 Å². The van der Waals surface area contributed by atoms with E-state index in [0.29, 0.717) is 12.3 Å². The van der Waals surface area contributed by atoms with Gasteiger partial charge in [-0.2, -0.15) is 11.8 Å². The molecule has 0 heterocycles. The molecule has 1 rings (SSSR count). The van der Waals surface area contributed by atoms with Gasteiger partial charge in [-0.05, 0) is 43.7 Å². The number of nitrogens with one attached hydrogen (secondary N) is 2. The summed E-state index contributed by atoms with van der Waals surface area (Å²) in [6.45, 7) is 1.98. The highest BCUT2D eigenvalue weighted by molar-refractivity contribution is 7.99. The van der Waals surface area contributed by atoms with Crippen LogP contribution in [0.3, 0.4) is 0 Å². The molecule has 0 saturated carbocycles. The first-order valence-electron chi connectivity index (χ1n) is 9.03. The predicted molar refractivity (Wildman–Crippen MR) is 112 cm³/mol. The molecule has 5 N–H and O–H groups in total. The van der Waals surface area contributed by atoms with Crippen molar-refractivity contribution in [1.82, 2.24) is 5.32 Å². The molecule has 1 aromatic carbocycles. The molecule has 29 heavy (non-hydrogen) atoms. The number of carbonyl (C=O) groups is 4. The molecular formula is C19H27N3O6S. The maximum absolute atomic E-state index is 12.4. The zero-order chi connectivity index (χ0) is 21.8. The van der Waals surface area contributed by atoms with Gasteiger partial charge in [-0.15, -0.1) is 0 Å². The molecular weight excluding hydrogens is 398 g/mol. The molecule has 0 spiro atoms. The summed E-state index contributed by atoms with van der Waals surface area (Å²) >= 11 is 1.46. The minimum Gasteiger partial charge on any atom is -0.480 e.